The van der Waals surface area contributed by atoms with Crippen LogP contribution in [0.25, 0.3) is 0 Å². The molecule has 1 saturated heterocycles. The Morgan fingerprint density at radius 3 is 2.81 bits per heavy atom. The molecule has 1 rings (SSSR count). The molecule has 0 aromatic carbocycles. The van der Waals surface area contributed by atoms with E-state index in [9.17, 15) is 0 Å². The lowest BCUT2D eigenvalue weighted by atomic mass is 10.2. The van der Waals surface area contributed by atoms with Gasteiger partial charge in [-0.25, -0.2) is 0 Å². The summed E-state index contributed by atoms with van der Waals surface area (Å²) < 4.78 is 11.0. The third kappa shape index (κ3) is 6.43. The number of hydrogen-bond donors (Lipinski definition) is 1. The van der Waals surface area contributed by atoms with Crippen molar-refractivity contribution >= 4 is 0 Å². The Morgan fingerprint density at radius 2 is 2.19 bits per heavy atom. The van der Waals surface area contributed by atoms with Gasteiger partial charge in [-0.1, -0.05) is 13.8 Å². The summed E-state index contributed by atoms with van der Waals surface area (Å²) in [6, 6.07) is 0. The fourth-order valence-corrected chi connectivity index (χ4v) is 1.74. The molecule has 0 aromatic heterocycles. The molecule has 1 fully saturated rings. The minimum atomic E-state index is 0.254. The summed E-state index contributed by atoms with van der Waals surface area (Å²) in [6.45, 7) is 10.8. The van der Waals surface area contributed by atoms with E-state index in [1.54, 1.807) is 0 Å². The fraction of sp³-hybridized carbons (Fsp3) is 1.00. The number of hydrogen-bond acceptors (Lipinski definition) is 4. The third-order valence-electron chi connectivity index (χ3n) is 2.62. The molecule has 1 aliphatic heterocycles. The molecular weight excluding hydrogens is 204 g/mol. The quantitative estimate of drug-likeness (QED) is 0.649. The van der Waals surface area contributed by atoms with Crippen LogP contribution in [0.2, 0.25) is 0 Å². The first-order chi connectivity index (χ1) is 7.68. The number of likely N-dealkylation sites (N-methyl/N-ethyl adjacent to an activating group) is 1. The van der Waals surface area contributed by atoms with Gasteiger partial charge in [0.1, 0.15) is 0 Å². The molecule has 0 amide bonds. The molecular formula is C12H26N2O2. The molecule has 1 N–H and O–H groups in total. The minimum absolute atomic E-state index is 0.254. The highest BCUT2D eigenvalue weighted by Gasteiger charge is 2.15. The van der Waals surface area contributed by atoms with Gasteiger partial charge in [0.05, 0.1) is 25.9 Å². The van der Waals surface area contributed by atoms with E-state index >= 15 is 0 Å². The van der Waals surface area contributed by atoms with Gasteiger partial charge in [-0.3, -0.25) is 0 Å². The maximum absolute atomic E-state index is 5.61. The van der Waals surface area contributed by atoms with E-state index < -0.39 is 0 Å². The molecule has 0 aromatic rings. The van der Waals surface area contributed by atoms with Crippen molar-refractivity contribution in [2.24, 2.45) is 5.92 Å². The summed E-state index contributed by atoms with van der Waals surface area (Å²) in [7, 11) is 2.13. The van der Waals surface area contributed by atoms with Crippen molar-refractivity contribution in [1.29, 1.82) is 0 Å². The smallest absolute Gasteiger partial charge is 0.0936 e. The van der Waals surface area contributed by atoms with E-state index in [0.717, 1.165) is 51.9 Å². The van der Waals surface area contributed by atoms with Gasteiger partial charge in [-0.15, -0.1) is 0 Å². The van der Waals surface area contributed by atoms with Crippen molar-refractivity contribution in [2.45, 2.75) is 20.0 Å². The van der Waals surface area contributed by atoms with Gasteiger partial charge in [0, 0.05) is 19.6 Å². The SMILES string of the molecule is CC(C)CNCCN(C)CC1COCCO1. The first-order valence-electron chi connectivity index (χ1n) is 6.27. The lowest BCUT2D eigenvalue weighted by Gasteiger charge is -2.27. The van der Waals surface area contributed by atoms with Crippen molar-refractivity contribution in [2.75, 3.05) is 53.0 Å². The summed E-state index contributed by atoms with van der Waals surface area (Å²) >= 11 is 0. The van der Waals surface area contributed by atoms with Gasteiger partial charge in [0.15, 0.2) is 0 Å². The summed E-state index contributed by atoms with van der Waals surface area (Å²) in [5.41, 5.74) is 0. The first-order valence-corrected chi connectivity index (χ1v) is 6.27. The highest BCUT2D eigenvalue weighted by atomic mass is 16.6. The van der Waals surface area contributed by atoms with E-state index in [4.69, 9.17) is 9.47 Å². The van der Waals surface area contributed by atoms with Crippen LogP contribution >= 0.6 is 0 Å². The average molecular weight is 230 g/mol. The van der Waals surface area contributed by atoms with Crippen LogP contribution in [0.15, 0.2) is 0 Å². The zero-order valence-corrected chi connectivity index (χ0v) is 10.9. The maximum atomic E-state index is 5.61. The van der Waals surface area contributed by atoms with Crippen molar-refractivity contribution in [1.82, 2.24) is 10.2 Å². The second-order valence-electron chi connectivity index (χ2n) is 4.93. The van der Waals surface area contributed by atoms with E-state index in [0.29, 0.717) is 0 Å². The Hall–Kier alpha value is -0.160. The Morgan fingerprint density at radius 1 is 1.38 bits per heavy atom. The van der Waals surface area contributed by atoms with Crippen LogP contribution < -0.4 is 5.32 Å². The van der Waals surface area contributed by atoms with Crippen molar-refractivity contribution in [3.63, 3.8) is 0 Å². The van der Waals surface area contributed by atoms with Crippen LogP contribution in [0.3, 0.4) is 0 Å². The molecule has 0 bridgehead atoms. The van der Waals surface area contributed by atoms with Crippen LogP contribution in [0.5, 0.6) is 0 Å². The van der Waals surface area contributed by atoms with Crippen LogP contribution in [0, 0.1) is 5.92 Å². The third-order valence-corrected chi connectivity index (χ3v) is 2.62. The van der Waals surface area contributed by atoms with Crippen LogP contribution in [0.1, 0.15) is 13.8 Å². The summed E-state index contributed by atoms with van der Waals surface area (Å²) in [6.07, 6.45) is 0.254. The topological polar surface area (TPSA) is 33.7 Å². The molecule has 1 unspecified atom stereocenters. The minimum Gasteiger partial charge on any atom is -0.376 e. The Kier molecular flexibility index (Phi) is 6.96. The van der Waals surface area contributed by atoms with E-state index in [2.05, 4.69) is 31.1 Å². The second kappa shape index (κ2) is 8.01. The highest BCUT2D eigenvalue weighted by molar-refractivity contribution is 4.66. The Bertz CT molecular complexity index is 170. The van der Waals surface area contributed by atoms with Gasteiger partial charge in [-0.2, -0.15) is 0 Å². The Balaban J connectivity index is 1.99. The standard InChI is InChI=1S/C12H26N2O2/c1-11(2)8-13-4-5-14(3)9-12-10-15-6-7-16-12/h11-13H,4-10H2,1-3H3. The second-order valence-corrected chi connectivity index (χ2v) is 4.93. The van der Waals surface area contributed by atoms with Gasteiger partial charge in [0.2, 0.25) is 0 Å². The zero-order chi connectivity index (χ0) is 11.8. The van der Waals surface area contributed by atoms with Crippen molar-refractivity contribution in [3.05, 3.63) is 0 Å². The lowest BCUT2D eigenvalue weighted by Crippen LogP contribution is -2.40. The molecule has 4 heteroatoms. The van der Waals surface area contributed by atoms with Crippen LogP contribution in [-0.2, 0) is 9.47 Å². The predicted molar refractivity (Wildman–Crippen MR) is 65.8 cm³/mol. The molecule has 4 nitrogen and oxygen atoms in total. The van der Waals surface area contributed by atoms with Crippen LogP contribution in [0.4, 0.5) is 0 Å². The maximum Gasteiger partial charge on any atom is 0.0936 e. The fourth-order valence-electron chi connectivity index (χ4n) is 1.74. The number of nitrogens with one attached hydrogen (secondary N) is 1. The van der Waals surface area contributed by atoms with Gasteiger partial charge in [-0.05, 0) is 19.5 Å². The summed E-state index contributed by atoms with van der Waals surface area (Å²) in [4.78, 5) is 2.30. The van der Waals surface area contributed by atoms with Crippen molar-refractivity contribution < 1.29 is 9.47 Å². The monoisotopic (exact) mass is 230 g/mol. The number of rotatable bonds is 7. The van der Waals surface area contributed by atoms with Crippen LogP contribution in [-0.4, -0.2) is 64.1 Å². The zero-order valence-electron chi connectivity index (χ0n) is 10.9. The first kappa shape index (κ1) is 13.9. The normalized spacial score (nSPS) is 21.9. The molecule has 0 saturated carbocycles. The summed E-state index contributed by atoms with van der Waals surface area (Å²) in [5, 5.41) is 3.44. The van der Waals surface area contributed by atoms with Gasteiger partial charge in [0.25, 0.3) is 0 Å². The van der Waals surface area contributed by atoms with E-state index in [-0.39, 0.29) is 6.10 Å². The molecule has 1 aliphatic rings. The largest absolute Gasteiger partial charge is 0.376 e. The highest BCUT2D eigenvalue weighted by Crippen LogP contribution is 2.01. The van der Waals surface area contributed by atoms with Gasteiger partial charge >= 0.3 is 0 Å². The molecule has 1 heterocycles. The van der Waals surface area contributed by atoms with Crippen molar-refractivity contribution in [3.8, 4) is 0 Å². The molecule has 0 aliphatic carbocycles. The molecule has 0 spiro atoms. The number of ether oxygens (including phenoxy) is 2. The predicted octanol–water partition coefficient (Wildman–Crippen LogP) is 0.579. The molecule has 96 valence electrons. The average Bonchev–Trinajstić information content (AvgIpc) is 2.25. The molecule has 16 heavy (non-hydrogen) atoms. The molecule has 0 radical (unpaired) electrons. The van der Waals surface area contributed by atoms with E-state index in [1.807, 2.05) is 0 Å². The number of nitrogens with zero attached hydrogens (tertiary/aromatic N) is 1. The van der Waals surface area contributed by atoms with Gasteiger partial charge < -0.3 is 19.7 Å². The van der Waals surface area contributed by atoms with E-state index in [1.165, 1.54) is 0 Å². The molecule has 1 atom stereocenters. The Labute approximate surface area is 99.3 Å². The lowest BCUT2D eigenvalue weighted by molar-refractivity contribution is -0.0956. The summed E-state index contributed by atoms with van der Waals surface area (Å²) in [5.74, 6) is 0.723.